The molecule has 0 radical (unpaired) electrons. The summed E-state index contributed by atoms with van der Waals surface area (Å²) < 4.78 is 16.7. The number of aldehydes is 1. The third kappa shape index (κ3) is 5.71. The SMILES string of the molecule is COCCC(=O)N(CCC(C)C)C1C=C(C(=O)NCCO)C2c3cc(C=O)cc(OC)c3OC2C1O. The Kier molecular flexibility index (Phi) is 9.47. The minimum Gasteiger partial charge on any atom is -0.493 e. The molecule has 36 heavy (non-hydrogen) atoms. The highest BCUT2D eigenvalue weighted by molar-refractivity contribution is 5.96. The molecule has 0 aromatic heterocycles. The molecule has 0 saturated carbocycles. The first-order chi connectivity index (χ1) is 17.3. The van der Waals surface area contributed by atoms with Crippen molar-refractivity contribution in [2.75, 3.05) is 40.5 Å². The van der Waals surface area contributed by atoms with Gasteiger partial charge in [0, 0.05) is 36.9 Å². The number of aliphatic hydroxyl groups excluding tert-OH is 2. The molecule has 1 aliphatic heterocycles. The molecule has 0 spiro atoms. The quantitative estimate of drug-likeness (QED) is 0.360. The molecule has 2 aliphatic rings. The van der Waals surface area contributed by atoms with Gasteiger partial charge >= 0.3 is 0 Å². The van der Waals surface area contributed by atoms with Crippen molar-refractivity contribution >= 4 is 18.1 Å². The van der Waals surface area contributed by atoms with Crippen LogP contribution in [0.4, 0.5) is 0 Å². The smallest absolute Gasteiger partial charge is 0.247 e. The summed E-state index contributed by atoms with van der Waals surface area (Å²) in [4.78, 5) is 39.6. The first-order valence-electron chi connectivity index (χ1n) is 12.2. The van der Waals surface area contributed by atoms with Gasteiger partial charge in [-0.15, -0.1) is 0 Å². The molecule has 4 atom stereocenters. The molecule has 10 heteroatoms. The van der Waals surface area contributed by atoms with Crippen LogP contribution in [0.2, 0.25) is 0 Å². The zero-order valence-electron chi connectivity index (χ0n) is 21.2. The third-order valence-corrected chi connectivity index (χ3v) is 6.56. The monoisotopic (exact) mass is 504 g/mol. The number of fused-ring (bicyclic) bond motifs is 3. The summed E-state index contributed by atoms with van der Waals surface area (Å²) in [5.41, 5.74) is 1.18. The Hall–Kier alpha value is -2.95. The molecule has 1 aromatic rings. The number of rotatable bonds is 12. The third-order valence-electron chi connectivity index (χ3n) is 6.56. The summed E-state index contributed by atoms with van der Waals surface area (Å²) >= 11 is 0. The second kappa shape index (κ2) is 12.3. The fraction of sp³-hybridized carbons (Fsp3) is 0.577. The van der Waals surface area contributed by atoms with E-state index in [0.29, 0.717) is 53.4 Å². The van der Waals surface area contributed by atoms with Crippen molar-refractivity contribution in [3.63, 3.8) is 0 Å². The zero-order valence-corrected chi connectivity index (χ0v) is 21.2. The number of hydrogen-bond donors (Lipinski definition) is 3. The predicted molar refractivity (Wildman–Crippen MR) is 131 cm³/mol. The van der Waals surface area contributed by atoms with Gasteiger partial charge in [-0.05, 0) is 30.5 Å². The number of methoxy groups -OCH3 is 2. The summed E-state index contributed by atoms with van der Waals surface area (Å²) in [5.74, 6) is -0.377. The minimum atomic E-state index is -1.15. The van der Waals surface area contributed by atoms with Gasteiger partial charge in [0.15, 0.2) is 11.5 Å². The maximum Gasteiger partial charge on any atom is 0.247 e. The lowest BCUT2D eigenvalue weighted by Gasteiger charge is -2.41. The lowest BCUT2D eigenvalue weighted by Crippen LogP contribution is -2.56. The normalized spacial score (nSPS) is 22.2. The second-order valence-electron chi connectivity index (χ2n) is 9.41. The number of nitrogens with zero attached hydrogens (tertiary/aromatic N) is 1. The van der Waals surface area contributed by atoms with Crippen molar-refractivity contribution in [2.24, 2.45) is 5.92 Å². The van der Waals surface area contributed by atoms with Crippen molar-refractivity contribution in [1.82, 2.24) is 10.2 Å². The van der Waals surface area contributed by atoms with E-state index >= 15 is 0 Å². The van der Waals surface area contributed by atoms with Crippen LogP contribution in [-0.2, 0) is 14.3 Å². The van der Waals surface area contributed by atoms with Gasteiger partial charge in [-0.1, -0.05) is 13.8 Å². The lowest BCUT2D eigenvalue weighted by molar-refractivity contribution is -0.138. The molecule has 0 fully saturated rings. The fourth-order valence-corrected chi connectivity index (χ4v) is 4.73. The molecule has 1 heterocycles. The van der Waals surface area contributed by atoms with Crippen LogP contribution in [0.3, 0.4) is 0 Å². The fourth-order valence-electron chi connectivity index (χ4n) is 4.73. The van der Waals surface area contributed by atoms with Crippen LogP contribution in [0.15, 0.2) is 23.8 Å². The van der Waals surface area contributed by atoms with Gasteiger partial charge in [0.1, 0.15) is 18.5 Å². The number of ether oxygens (including phenoxy) is 3. The number of benzene rings is 1. The van der Waals surface area contributed by atoms with Crippen LogP contribution in [0.25, 0.3) is 0 Å². The zero-order chi connectivity index (χ0) is 26.4. The molecular formula is C26H36N2O8. The molecule has 10 nitrogen and oxygen atoms in total. The number of nitrogens with one attached hydrogen (secondary N) is 1. The van der Waals surface area contributed by atoms with E-state index in [9.17, 15) is 24.6 Å². The highest BCUT2D eigenvalue weighted by Crippen LogP contribution is 2.51. The van der Waals surface area contributed by atoms with Crippen molar-refractivity contribution in [3.8, 4) is 11.5 Å². The maximum atomic E-state index is 13.2. The molecule has 2 amide bonds. The number of aliphatic hydroxyl groups is 2. The average molecular weight is 505 g/mol. The summed E-state index contributed by atoms with van der Waals surface area (Å²) in [5, 5.41) is 23.4. The lowest BCUT2D eigenvalue weighted by atomic mass is 9.77. The van der Waals surface area contributed by atoms with Gasteiger partial charge in [-0.3, -0.25) is 14.4 Å². The number of carbonyl (C=O) groups excluding carboxylic acids is 3. The molecule has 3 N–H and O–H groups in total. The first kappa shape index (κ1) is 27.6. The van der Waals surface area contributed by atoms with Crippen LogP contribution in [-0.4, -0.2) is 92.0 Å². The summed E-state index contributed by atoms with van der Waals surface area (Å²) in [6, 6.07) is 2.33. The van der Waals surface area contributed by atoms with Crippen LogP contribution < -0.4 is 14.8 Å². The second-order valence-corrected chi connectivity index (χ2v) is 9.41. The number of carbonyl (C=O) groups is 3. The van der Waals surface area contributed by atoms with E-state index in [2.05, 4.69) is 5.32 Å². The molecule has 0 saturated heterocycles. The summed E-state index contributed by atoms with van der Waals surface area (Å²) in [6.07, 6.45) is 1.08. The van der Waals surface area contributed by atoms with Gasteiger partial charge in [-0.25, -0.2) is 0 Å². The van der Waals surface area contributed by atoms with Crippen molar-refractivity contribution < 1.29 is 38.8 Å². The van der Waals surface area contributed by atoms with Crippen LogP contribution in [0.5, 0.6) is 11.5 Å². The standard InChI is InChI=1S/C26H36N2O8/c1-15(2)5-8-28(21(31)6-10-34-3)19-13-18(26(33)27-7-9-29)22-17-11-16(14-30)12-20(35-4)24(17)36-25(22)23(19)32/h11-15,19,22-23,25,29,32H,5-10H2,1-4H3,(H,27,33). The first-order valence-corrected chi connectivity index (χ1v) is 12.2. The van der Waals surface area contributed by atoms with Gasteiger partial charge < -0.3 is 34.6 Å². The Morgan fingerprint density at radius 1 is 1.28 bits per heavy atom. The number of hydrogen-bond acceptors (Lipinski definition) is 8. The molecule has 198 valence electrons. The van der Waals surface area contributed by atoms with Crippen molar-refractivity contribution in [2.45, 2.75) is 50.9 Å². The Morgan fingerprint density at radius 3 is 2.64 bits per heavy atom. The molecule has 4 unspecified atom stereocenters. The van der Waals surface area contributed by atoms with E-state index in [1.807, 2.05) is 13.8 Å². The van der Waals surface area contributed by atoms with Crippen LogP contribution >= 0.6 is 0 Å². The maximum absolute atomic E-state index is 13.2. The Balaban J connectivity index is 2.10. The molecule has 1 aliphatic carbocycles. The van der Waals surface area contributed by atoms with Crippen LogP contribution in [0.1, 0.15) is 48.5 Å². The van der Waals surface area contributed by atoms with Gasteiger partial charge in [0.2, 0.25) is 11.8 Å². The highest BCUT2D eigenvalue weighted by atomic mass is 16.5. The van der Waals surface area contributed by atoms with E-state index in [-0.39, 0.29) is 32.1 Å². The predicted octanol–water partition coefficient (Wildman–Crippen LogP) is 1.04. The van der Waals surface area contributed by atoms with E-state index < -0.39 is 30.1 Å². The van der Waals surface area contributed by atoms with Crippen molar-refractivity contribution in [1.29, 1.82) is 0 Å². The molecule has 1 aromatic carbocycles. The van der Waals surface area contributed by atoms with Crippen LogP contribution in [0, 0.1) is 5.92 Å². The van der Waals surface area contributed by atoms with E-state index in [4.69, 9.17) is 14.2 Å². The van der Waals surface area contributed by atoms with Gasteiger partial charge in [0.25, 0.3) is 0 Å². The Bertz CT molecular complexity index is 992. The van der Waals surface area contributed by atoms with Gasteiger partial charge in [-0.2, -0.15) is 0 Å². The van der Waals surface area contributed by atoms with Gasteiger partial charge in [0.05, 0.1) is 38.7 Å². The molecule has 0 bridgehead atoms. The molecular weight excluding hydrogens is 468 g/mol. The molecule has 3 rings (SSSR count). The summed E-state index contributed by atoms with van der Waals surface area (Å²) in [6.45, 7) is 4.49. The van der Waals surface area contributed by atoms with Crippen molar-refractivity contribution in [3.05, 3.63) is 34.9 Å². The minimum absolute atomic E-state index is 0.0377. The van der Waals surface area contributed by atoms with E-state index in [1.165, 1.54) is 20.3 Å². The summed E-state index contributed by atoms with van der Waals surface area (Å²) in [7, 11) is 2.96. The average Bonchev–Trinajstić information content (AvgIpc) is 3.26. The number of amides is 2. The Morgan fingerprint density at radius 2 is 2.03 bits per heavy atom. The van der Waals surface area contributed by atoms with E-state index in [0.717, 1.165) is 0 Å². The Labute approximate surface area is 211 Å². The highest BCUT2D eigenvalue weighted by Gasteiger charge is 2.51. The van der Waals surface area contributed by atoms with E-state index in [1.54, 1.807) is 17.0 Å². The topological polar surface area (TPSA) is 135 Å². The largest absolute Gasteiger partial charge is 0.493 e.